The Bertz CT molecular complexity index is 852. The number of para-hydroxylation sites is 2. The molecule has 2 aliphatic rings. The normalized spacial score (nSPS) is 20.8. The van der Waals surface area contributed by atoms with E-state index in [0.717, 1.165) is 6.54 Å². The topological polar surface area (TPSA) is 65.1 Å². The van der Waals surface area contributed by atoms with E-state index in [1.54, 1.807) is 28.0 Å². The first-order valence-electron chi connectivity index (χ1n) is 8.48. The Labute approximate surface area is 155 Å². The average molecular weight is 372 g/mol. The fourth-order valence-electron chi connectivity index (χ4n) is 3.17. The lowest BCUT2D eigenvalue weighted by molar-refractivity contribution is -0.129. The minimum atomic E-state index is -0.509. The van der Waals surface area contributed by atoms with Gasteiger partial charge in [0.15, 0.2) is 0 Å². The number of amides is 2. The Morgan fingerprint density at radius 3 is 2.85 bits per heavy atom. The lowest BCUT2D eigenvalue weighted by Gasteiger charge is -2.36. The van der Waals surface area contributed by atoms with Gasteiger partial charge in [0.2, 0.25) is 0 Å². The highest BCUT2D eigenvalue weighted by molar-refractivity contribution is 7.08. The summed E-state index contributed by atoms with van der Waals surface area (Å²) in [6, 6.07) is 7.54. The average Bonchev–Trinajstić information content (AvgIpc) is 3.05. The number of anilines is 3. The quantitative estimate of drug-likeness (QED) is 0.833. The number of hydrogen-bond acceptors (Lipinski definition) is 6. The lowest BCUT2D eigenvalue weighted by atomic mass is 10.2. The van der Waals surface area contributed by atoms with E-state index in [4.69, 9.17) is 4.84 Å². The van der Waals surface area contributed by atoms with E-state index in [0.29, 0.717) is 41.8 Å². The molecule has 1 unspecified atom stereocenters. The minimum Gasteiger partial charge on any atom is -0.350 e. The molecule has 4 rings (SSSR count). The number of hydroxylamine groups is 2. The molecule has 1 N–H and O–H groups in total. The number of piperazine rings is 1. The van der Waals surface area contributed by atoms with Crippen LogP contribution in [0.4, 0.5) is 21.9 Å². The van der Waals surface area contributed by atoms with Crippen LogP contribution in [-0.2, 0) is 4.84 Å². The second-order valence-corrected chi connectivity index (χ2v) is 7.30. The van der Waals surface area contributed by atoms with Crippen molar-refractivity contribution in [3.63, 3.8) is 0 Å². The second-order valence-electron chi connectivity index (χ2n) is 6.55. The summed E-state index contributed by atoms with van der Waals surface area (Å²) in [5, 5.41) is 8.10. The van der Waals surface area contributed by atoms with Gasteiger partial charge in [-0.1, -0.05) is 12.1 Å². The largest absolute Gasteiger partial charge is 0.438 e. The zero-order chi connectivity index (χ0) is 18.3. The van der Waals surface area contributed by atoms with Crippen LogP contribution in [0, 0.1) is 0 Å². The highest BCUT2D eigenvalue weighted by atomic mass is 32.1. The minimum absolute atomic E-state index is 0.225. The van der Waals surface area contributed by atoms with Crippen molar-refractivity contribution >= 4 is 40.4 Å². The van der Waals surface area contributed by atoms with Crippen LogP contribution in [0.2, 0.25) is 0 Å². The molecule has 136 valence electrons. The van der Waals surface area contributed by atoms with Gasteiger partial charge in [-0.2, -0.15) is 0 Å². The Kier molecular flexibility index (Phi) is 4.39. The predicted molar refractivity (Wildman–Crippen MR) is 101 cm³/mol. The fourth-order valence-corrected chi connectivity index (χ4v) is 3.97. The fraction of sp³-hybridized carbons (Fsp3) is 0.333. The van der Waals surface area contributed by atoms with Gasteiger partial charge in [0.1, 0.15) is 0 Å². The van der Waals surface area contributed by atoms with Crippen LogP contribution in [0.1, 0.15) is 17.3 Å². The first kappa shape index (κ1) is 17.0. The van der Waals surface area contributed by atoms with Crippen molar-refractivity contribution in [2.45, 2.75) is 13.0 Å². The van der Waals surface area contributed by atoms with Crippen LogP contribution in [0.3, 0.4) is 0 Å². The van der Waals surface area contributed by atoms with Crippen molar-refractivity contribution in [3.8, 4) is 0 Å². The summed E-state index contributed by atoms with van der Waals surface area (Å²) in [5.41, 5.74) is 2.20. The molecule has 2 aliphatic heterocycles. The van der Waals surface area contributed by atoms with E-state index in [1.807, 2.05) is 12.1 Å². The summed E-state index contributed by atoms with van der Waals surface area (Å²) in [5.74, 6) is -0.225. The number of rotatable bonds is 1. The molecule has 0 aliphatic carbocycles. The summed E-state index contributed by atoms with van der Waals surface area (Å²) in [7, 11) is 2.06. The summed E-state index contributed by atoms with van der Waals surface area (Å²) < 4.78 is 0. The molecule has 0 radical (unpaired) electrons. The van der Waals surface area contributed by atoms with Gasteiger partial charge in [0.05, 0.1) is 29.2 Å². The molecule has 3 heterocycles. The monoisotopic (exact) mass is 372 g/mol. The van der Waals surface area contributed by atoms with Gasteiger partial charge < -0.3 is 15.1 Å². The van der Waals surface area contributed by atoms with Crippen LogP contribution in [0.25, 0.3) is 0 Å². The molecule has 0 bridgehead atoms. The zero-order valence-electron chi connectivity index (χ0n) is 14.6. The zero-order valence-corrected chi connectivity index (χ0v) is 15.5. The van der Waals surface area contributed by atoms with Crippen molar-refractivity contribution in [2.24, 2.45) is 0 Å². The lowest BCUT2D eigenvalue weighted by Crippen LogP contribution is -2.51. The molecule has 2 aromatic rings. The van der Waals surface area contributed by atoms with Gasteiger partial charge in [0, 0.05) is 29.9 Å². The van der Waals surface area contributed by atoms with E-state index in [9.17, 15) is 9.59 Å². The molecule has 1 aromatic carbocycles. The third kappa shape index (κ3) is 2.96. The van der Waals surface area contributed by atoms with E-state index < -0.39 is 6.09 Å². The molecular weight excluding hydrogens is 352 g/mol. The van der Waals surface area contributed by atoms with Crippen LogP contribution in [0.5, 0.6) is 0 Å². The highest BCUT2D eigenvalue weighted by Crippen LogP contribution is 2.39. The number of hydrogen-bond donors (Lipinski definition) is 1. The highest BCUT2D eigenvalue weighted by Gasteiger charge is 2.33. The molecule has 2 amide bonds. The number of nitrogens with zero attached hydrogens (tertiary/aromatic N) is 3. The molecule has 0 spiro atoms. The molecule has 1 aromatic heterocycles. The van der Waals surface area contributed by atoms with E-state index >= 15 is 0 Å². The maximum Gasteiger partial charge on any atom is 0.438 e. The number of carbonyl (C=O) groups is 2. The summed E-state index contributed by atoms with van der Waals surface area (Å²) >= 11 is 1.38. The molecule has 1 fully saturated rings. The molecule has 8 heteroatoms. The summed E-state index contributed by atoms with van der Waals surface area (Å²) in [6.07, 6.45) is -0.509. The van der Waals surface area contributed by atoms with Crippen molar-refractivity contribution < 1.29 is 14.4 Å². The first-order chi connectivity index (χ1) is 12.5. The van der Waals surface area contributed by atoms with Gasteiger partial charge in [-0.25, -0.2) is 9.69 Å². The molecule has 26 heavy (non-hydrogen) atoms. The Balaban J connectivity index is 1.66. The van der Waals surface area contributed by atoms with Crippen LogP contribution < -0.4 is 10.2 Å². The van der Waals surface area contributed by atoms with E-state index in [-0.39, 0.29) is 5.91 Å². The maximum absolute atomic E-state index is 13.1. The number of carbonyl (C=O) groups excluding carboxylic acids is 2. The number of nitrogens with one attached hydrogen (secondary N) is 1. The maximum atomic E-state index is 13.1. The number of likely N-dealkylation sites (N-methyl/N-ethyl adjacent to an activating group) is 1. The van der Waals surface area contributed by atoms with Gasteiger partial charge in [0.25, 0.3) is 5.91 Å². The second kappa shape index (κ2) is 6.71. The van der Waals surface area contributed by atoms with Gasteiger partial charge in [-0.05, 0) is 26.1 Å². The number of benzene rings is 1. The third-order valence-electron chi connectivity index (χ3n) is 4.83. The van der Waals surface area contributed by atoms with E-state index in [2.05, 4.69) is 24.2 Å². The van der Waals surface area contributed by atoms with Gasteiger partial charge in [-0.3, -0.25) is 4.79 Å². The smallest absolute Gasteiger partial charge is 0.350 e. The van der Waals surface area contributed by atoms with Gasteiger partial charge >= 0.3 is 6.09 Å². The standard InChI is InChI=1S/C18H20N4O3S/c1-12-9-21(8-7-20(12)2)25-18(24)22-15-6-4-3-5-14(15)19-17(23)13-10-26-11-16(13)22/h3-6,10-12H,7-9H2,1-2H3,(H,19,23). The molecule has 1 atom stereocenters. The SMILES string of the molecule is CC1CN(OC(=O)N2c3ccccc3NC(=O)c3cscc32)CCN1C. The number of fused-ring (bicyclic) bond motifs is 2. The first-order valence-corrected chi connectivity index (χ1v) is 9.42. The predicted octanol–water partition coefficient (Wildman–Crippen LogP) is 3.14. The Morgan fingerprint density at radius 2 is 2.04 bits per heavy atom. The van der Waals surface area contributed by atoms with Crippen molar-refractivity contribution in [1.29, 1.82) is 0 Å². The van der Waals surface area contributed by atoms with Crippen molar-refractivity contribution in [1.82, 2.24) is 9.96 Å². The van der Waals surface area contributed by atoms with E-state index in [1.165, 1.54) is 16.2 Å². The summed E-state index contributed by atoms with van der Waals surface area (Å²) in [4.78, 5) is 34.9. The Morgan fingerprint density at radius 1 is 1.23 bits per heavy atom. The van der Waals surface area contributed by atoms with Crippen molar-refractivity contribution in [2.75, 3.05) is 36.9 Å². The van der Waals surface area contributed by atoms with Crippen LogP contribution in [-0.4, -0.2) is 54.7 Å². The van der Waals surface area contributed by atoms with Crippen molar-refractivity contribution in [3.05, 3.63) is 40.6 Å². The van der Waals surface area contributed by atoms with Crippen LogP contribution in [0.15, 0.2) is 35.0 Å². The summed E-state index contributed by atoms with van der Waals surface area (Å²) in [6.45, 7) is 4.22. The Hall–Kier alpha value is -2.42. The molecule has 0 saturated carbocycles. The van der Waals surface area contributed by atoms with Gasteiger partial charge in [-0.15, -0.1) is 16.4 Å². The molecule has 7 nitrogen and oxygen atoms in total. The molecule has 1 saturated heterocycles. The van der Waals surface area contributed by atoms with Crippen LogP contribution >= 0.6 is 11.3 Å². The molecular formula is C18H20N4O3S. The third-order valence-corrected chi connectivity index (χ3v) is 5.56. The number of thiophene rings is 1.